The predicted octanol–water partition coefficient (Wildman–Crippen LogP) is 2.97. The van der Waals surface area contributed by atoms with Gasteiger partial charge in [-0.2, -0.15) is 0 Å². The lowest BCUT2D eigenvalue weighted by molar-refractivity contribution is -0.136. The lowest BCUT2D eigenvalue weighted by Crippen LogP contribution is -2.54. The maximum absolute atomic E-state index is 13.2. The molecule has 7 amide bonds. The van der Waals surface area contributed by atoms with Crippen LogP contribution in [0.5, 0.6) is 0 Å². The van der Waals surface area contributed by atoms with Crippen molar-refractivity contribution in [1.82, 2.24) is 25.8 Å². The number of benzene rings is 2. The van der Waals surface area contributed by atoms with Gasteiger partial charge in [-0.1, -0.05) is 17.8 Å². The Kier molecular flexibility index (Phi) is 15.5. The molecule has 3 atom stereocenters. The summed E-state index contributed by atoms with van der Waals surface area (Å²) < 4.78 is 22.3. The van der Waals surface area contributed by atoms with Gasteiger partial charge in [0.1, 0.15) is 11.6 Å². The third-order valence-corrected chi connectivity index (χ3v) is 11.3. The molecule has 61 heavy (non-hydrogen) atoms. The van der Waals surface area contributed by atoms with Crippen LogP contribution in [0.2, 0.25) is 0 Å². The summed E-state index contributed by atoms with van der Waals surface area (Å²) in [7, 11) is 0. The van der Waals surface area contributed by atoms with Gasteiger partial charge in [-0.3, -0.25) is 44.0 Å². The molecule has 328 valence electrons. The first-order chi connectivity index (χ1) is 29.3. The van der Waals surface area contributed by atoms with Crippen molar-refractivity contribution >= 4 is 64.2 Å². The van der Waals surface area contributed by atoms with Crippen LogP contribution in [0.25, 0.3) is 0 Å². The number of carbonyl (C=O) groups is 7. The van der Waals surface area contributed by atoms with Crippen LogP contribution < -0.4 is 21.3 Å². The SMILES string of the molecule is CC(C)(C)OC(=O)N1CCC2N=C(NC(=O)c3ccc(C(=O)NCCCOCCOCCOCCCNc4cccc5c4C(=O)N(C4CCC(=O)NC4=O)C5=O)cc3)SC2C1. The highest BCUT2D eigenvalue weighted by Gasteiger charge is 2.45. The number of likely N-dealkylation sites (tertiary alicyclic amines) is 1. The monoisotopic (exact) mass is 863 g/mol. The van der Waals surface area contributed by atoms with Gasteiger partial charge in [0, 0.05) is 62.6 Å². The summed E-state index contributed by atoms with van der Waals surface area (Å²) in [5.74, 6) is -2.76. The second-order valence-corrected chi connectivity index (χ2v) is 17.0. The van der Waals surface area contributed by atoms with Crippen LogP contribution in [0.15, 0.2) is 47.5 Å². The van der Waals surface area contributed by atoms with E-state index in [1.165, 1.54) is 11.8 Å². The molecule has 2 fully saturated rings. The second-order valence-electron chi connectivity index (χ2n) is 15.8. The molecule has 0 spiro atoms. The Bertz CT molecular complexity index is 2000. The fourth-order valence-corrected chi connectivity index (χ4v) is 8.31. The number of aliphatic imine (C=N–C) groups is 1. The van der Waals surface area contributed by atoms with Crippen molar-refractivity contribution in [3.63, 3.8) is 0 Å². The van der Waals surface area contributed by atoms with E-state index < -0.39 is 35.3 Å². The van der Waals surface area contributed by atoms with Gasteiger partial charge in [0.15, 0.2) is 5.17 Å². The van der Waals surface area contributed by atoms with E-state index in [0.29, 0.717) is 107 Å². The molecule has 3 unspecified atom stereocenters. The van der Waals surface area contributed by atoms with E-state index in [-0.39, 0.29) is 53.2 Å². The van der Waals surface area contributed by atoms with Crippen molar-refractivity contribution < 1.29 is 52.5 Å². The number of rotatable bonds is 18. The van der Waals surface area contributed by atoms with E-state index in [1.54, 1.807) is 47.4 Å². The molecule has 0 radical (unpaired) electrons. The van der Waals surface area contributed by atoms with Gasteiger partial charge in [0.25, 0.3) is 23.6 Å². The number of amides is 7. The lowest BCUT2D eigenvalue weighted by atomic mass is 10.0. The standard InChI is InChI=1S/C42H53N7O11S/c1-42(2,3)60-41(56)48-18-15-29-32(25-48)61-40(45-29)47-36(52)27-11-9-26(10-12-27)35(51)44-17-6-20-58-22-24-59-23-21-57-19-5-16-43-30-8-4-7-28-34(30)39(55)49(38(28)54)31-13-14-33(50)46-37(31)53/h4,7-12,29,31-32,43H,5-6,13-25H2,1-3H3,(H,44,51)(H,45,47,52)(H,46,50,53). The van der Waals surface area contributed by atoms with E-state index in [2.05, 4.69) is 26.3 Å². The maximum atomic E-state index is 13.2. The normalized spacial score (nSPS) is 19.9. The molecule has 0 aliphatic carbocycles. The first-order valence-corrected chi connectivity index (χ1v) is 21.4. The Hall–Kier alpha value is -5.37. The zero-order valence-electron chi connectivity index (χ0n) is 34.6. The van der Waals surface area contributed by atoms with Crippen LogP contribution in [0.3, 0.4) is 0 Å². The first kappa shape index (κ1) is 45.2. The Labute approximate surface area is 358 Å². The third-order valence-electron chi connectivity index (χ3n) is 10.1. The van der Waals surface area contributed by atoms with E-state index in [9.17, 15) is 33.6 Å². The van der Waals surface area contributed by atoms with Crippen molar-refractivity contribution in [2.75, 3.05) is 71.1 Å². The number of piperidine rings is 2. The minimum Gasteiger partial charge on any atom is -0.444 e. The number of carbonyl (C=O) groups excluding carboxylic acids is 7. The highest BCUT2D eigenvalue weighted by molar-refractivity contribution is 8.14. The van der Waals surface area contributed by atoms with E-state index >= 15 is 0 Å². The molecule has 4 heterocycles. The number of nitrogens with zero attached hydrogens (tertiary/aromatic N) is 3. The van der Waals surface area contributed by atoms with E-state index in [4.69, 9.17) is 18.9 Å². The quantitative estimate of drug-likeness (QED) is 0.125. The van der Waals surface area contributed by atoms with Gasteiger partial charge in [0.2, 0.25) is 11.8 Å². The highest BCUT2D eigenvalue weighted by atomic mass is 32.2. The maximum Gasteiger partial charge on any atom is 0.410 e. The molecule has 6 rings (SSSR count). The number of imide groups is 2. The average molecular weight is 864 g/mol. The molecular weight excluding hydrogens is 811 g/mol. The molecule has 4 aliphatic heterocycles. The molecule has 4 aliphatic rings. The Morgan fingerprint density at radius 3 is 2.16 bits per heavy atom. The van der Waals surface area contributed by atoms with Gasteiger partial charge in [-0.25, -0.2) is 4.79 Å². The summed E-state index contributed by atoms with van der Waals surface area (Å²) in [5, 5.41) is 11.7. The zero-order chi connectivity index (χ0) is 43.5. The number of nitrogens with one attached hydrogen (secondary N) is 4. The van der Waals surface area contributed by atoms with Crippen LogP contribution in [0, 0.1) is 0 Å². The molecule has 0 saturated carbocycles. The summed E-state index contributed by atoms with van der Waals surface area (Å²) in [6.07, 6.45) is 1.74. The Morgan fingerprint density at radius 1 is 0.836 bits per heavy atom. The minimum absolute atomic E-state index is 0.0181. The largest absolute Gasteiger partial charge is 0.444 e. The molecule has 2 saturated heterocycles. The summed E-state index contributed by atoms with van der Waals surface area (Å²) in [6, 6.07) is 10.3. The average Bonchev–Trinajstić information content (AvgIpc) is 3.74. The zero-order valence-corrected chi connectivity index (χ0v) is 35.4. The van der Waals surface area contributed by atoms with Crippen LogP contribution in [0.1, 0.15) is 94.3 Å². The summed E-state index contributed by atoms with van der Waals surface area (Å²) in [6.45, 7) is 9.88. The minimum atomic E-state index is -1.02. The van der Waals surface area contributed by atoms with Crippen molar-refractivity contribution in [2.24, 2.45) is 4.99 Å². The molecule has 18 nitrogen and oxygen atoms in total. The van der Waals surface area contributed by atoms with Crippen molar-refractivity contribution in [1.29, 1.82) is 0 Å². The van der Waals surface area contributed by atoms with Gasteiger partial charge in [0.05, 0.1) is 48.8 Å². The number of thioether (sulfide) groups is 1. The van der Waals surface area contributed by atoms with Crippen molar-refractivity contribution in [3.05, 3.63) is 64.7 Å². The number of ether oxygens (including phenoxy) is 4. The predicted molar refractivity (Wildman–Crippen MR) is 225 cm³/mol. The van der Waals surface area contributed by atoms with E-state index in [0.717, 1.165) is 4.90 Å². The van der Waals surface area contributed by atoms with Crippen LogP contribution in [-0.4, -0.2) is 145 Å². The number of anilines is 1. The van der Waals surface area contributed by atoms with Gasteiger partial charge in [-0.15, -0.1) is 0 Å². The molecule has 0 aromatic heterocycles. The smallest absolute Gasteiger partial charge is 0.410 e. The number of hydrogen-bond acceptors (Lipinski definition) is 14. The first-order valence-electron chi connectivity index (χ1n) is 20.5. The van der Waals surface area contributed by atoms with Crippen LogP contribution >= 0.6 is 11.8 Å². The van der Waals surface area contributed by atoms with Gasteiger partial charge < -0.3 is 39.8 Å². The Balaban J connectivity index is 0.763. The summed E-state index contributed by atoms with van der Waals surface area (Å²) >= 11 is 1.45. The number of hydrogen-bond donors (Lipinski definition) is 4. The van der Waals surface area contributed by atoms with Crippen molar-refractivity contribution in [3.8, 4) is 0 Å². The van der Waals surface area contributed by atoms with Crippen LogP contribution in [0.4, 0.5) is 10.5 Å². The highest BCUT2D eigenvalue weighted by Crippen LogP contribution is 2.34. The molecule has 4 N–H and O–H groups in total. The molecule has 2 aromatic rings. The fourth-order valence-electron chi connectivity index (χ4n) is 7.07. The third kappa shape index (κ3) is 12.1. The van der Waals surface area contributed by atoms with Crippen molar-refractivity contribution in [2.45, 2.75) is 75.8 Å². The van der Waals surface area contributed by atoms with Crippen LogP contribution in [-0.2, 0) is 28.5 Å². The lowest BCUT2D eigenvalue weighted by Gasteiger charge is -2.34. The molecule has 2 aromatic carbocycles. The summed E-state index contributed by atoms with van der Waals surface area (Å²) in [4.78, 5) is 95.5. The number of amidine groups is 1. The molecule has 0 bridgehead atoms. The van der Waals surface area contributed by atoms with Gasteiger partial charge in [-0.05, 0) is 82.9 Å². The Morgan fingerprint density at radius 2 is 1.49 bits per heavy atom. The second kappa shape index (κ2) is 20.9. The topological polar surface area (TPSA) is 223 Å². The van der Waals surface area contributed by atoms with Gasteiger partial charge >= 0.3 is 6.09 Å². The summed E-state index contributed by atoms with van der Waals surface area (Å²) in [5.41, 5.74) is 1.19. The number of fused-ring (bicyclic) bond motifs is 2. The molecule has 19 heteroatoms. The fraction of sp³-hybridized carbons (Fsp3) is 0.524. The van der Waals surface area contributed by atoms with E-state index in [1.807, 2.05) is 20.8 Å². The molecular formula is C42H53N7O11S.